The van der Waals surface area contributed by atoms with Gasteiger partial charge in [-0.1, -0.05) is 11.6 Å². The Bertz CT molecular complexity index is 455. The van der Waals surface area contributed by atoms with Crippen LogP contribution >= 0.6 is 11.6 Å². The van der Waals surface area contributed by atoms with Crippen molar-refractivity contribution < 1.29 is 4.92 Å². The van der Waals surface area contributed by atoms with E-state index >= 15 is 0 Å². The van der Waals surface area contributed by atoms with E-state index in [1.165, 1.54) is 12.1 Å². The van der Waals surface area contributed by atoms with Crippen LogP contribution in [-0.4, -0.2) is 48.0 Å². The van der Waals surface area contributed by atoms with Gasteiger partial charge in [0.05, 0.1) is 17.1 Å². The highest BCUT2D eigenvalue weighted by Gasteiger charge is 2.17. The maximum Gasteiger partial charge on any atom is 0.276 e. The molecular weight excluding hydrogens is 256 g/mol. The van der Waals surface area contributed by atoms with E-state index in [1.807, 2.05) is 4.90 Å². The first-order valence-electron chi connectivity index (χ1n) is 5.82. The molecule has 1 aromatic heterocycles. The highest BCUT2D eigenvalue weighted by atomic mass is 35.5. The summed E-state index contributed by atoms with van der Waals surface area (Å²) in [6, 6.07) is 2.76. The lowest BCUT2D eigenvalue weighted by atomic mass is 10.3. The summed E-state index contributed by atoms with van der Waals surface area (Å²) in [5.41, 5.74) is -0.0115. The van der Waals surface area contributed by atoms with Gasteiger partial charge in [-0.25, -0.2) is 4.98 Å². The quantitative estimate of drug-likeness (QED) is 0.466. The van der Waals surface area contributed by atoms with E-state index in [9.17, 15) is 10.1 Å². The monoisotopic (exact) mass is 270 g/mol. The van der Waals surface area contributed by atoms with Crippen LogP contribution in [0.1, 0.15) is 6.42 Å². The van der Waals surface area contributed by atoms with Gasteiger partial charge >= 0.3 is 0 Å². The normalized spacial score (nSPS) is 17.6. The van der Waals surface area contributed by atoms with Gasteiger partial charge in [-0.05, 0) is 20.0 Å². The van der Waals surface area contributed by atoms with Crippen molar-refractivity contribution in [3.8, 4) is 0 Å². The molecule has 1 aliphatic rings. The molecule has 18 heavy (non-hydrogen) atoms. The van der Waals surface area contributed by atoms with Gasteiger partial charge in [-0.15, -0.1) is 0 Å². The molecule has 1 aromatic rings. The summed E-state index contributed by atoms with van der Waals surface area (Å²) in [4.78, 5) is 18.8. The van der Waals surface area contributed by atoms with Gasteiger partial charge in [0.2, 0.25) is 0 Å². The lowest BCUT2D eigenvalue weighted by molar-refractivity contribution is -0.384. The van der Waals surface area contributed by atoms with Crippen molar-refractivity contribution in [2.75, 3.05) is 38.1 Å². The molecule has 0 unspecified atom stereocenters. The largest absolute Gasteiger partial charge is 0.355 e. The number of rotatable bonds is 2. The molecule has 0 bridgehead atoms. The number of pyridine rings is 1. The van der Waals surface area contributed by atoms with Gasteiger partial charge in [0.25, 0.3) is 5.69 Å². The van der Waals surface area contributed by atoms with Crippen molar-refractivity contribution in [1.82, 2.24) is 9.88 Å². The second-order valence-corrected chi connectivity index (χ2v) is 4.79. The van der Waals surface area contributed by atoms with Crippen LogP contribution in [0, 0.1) is 10.1 Å². The second-order valence-electron chi connectivity index (χ2n) is 4.41. The third-order valence-electron chi connectivity index (χ3n) is 3.02. The van der Waals surface area contributed by atoms with E-state index in [0.717, 1.165) is 32.6 Å². The number of aromatic nitrogens is 1. The Hall–Kier alpha value is -1.40. The van der Waals surface area contributed by atoms with E-state index in [4.69, 9.17) is 11.6 Å². The Balaban J connectivity index is 2.24. The summed E-state index contributed by atoms with van der Waals surface area (Å²) in [6.07, 6.45) is 1.01. The van der Waals surface area contributed by atoms with Crippen molar-refractivity contribution in [3.05, 3.63) is 27.4 Å². The molecule has 2 heterocycles. The van der Waals surface area contributed by atoms with Crippen LogP contribution in [0.4, 0.5) is 11.5 Å². The van der Waals surface area contributed by atoms with Gasteiger partial charge in [0.15, 0.2) is 0 Å². The molecule has 2 rings (SSSR count). The molecule has 0 N–H and O–H groups in total. The van der Waals surface area contributed by atoms with Crippen molar-refractivity contribution in [3.63, 3.8) is 0 Å². The lowest BCUT2D eigenvalue weighted by Gasteiger charge is -2.21. The summed E-state index contributed by atoms with van der Waals surface area (Å²) in [5, 5.41) is 11.0. The first-order chi connectivity index (χ1) is 8.56. The van der Waals surface area contributed by atoms with E-state index in [0.29, 0.717) is 5.82 Å². The first kappa shape index (κ1) is 13.0. The number of hydrogen-bond acceptors (Lipinski definition) is 5. The fraction of sp³-hybridized carbons (Fsp3) is 0.545. The predicted octanol–water partition coefficient (Wildman–Crippen LogP) is 1.79. The van der Waals surface area contributed by atoms with E-state index in [1.54, 1.807) is 0 Å². The fourth-order valence-electron chi connectivity index (χ4n) is 2.01. The van der Waals surface area contributed by atoms with E-state index in [2.05, 4.69) is 16.9 Å². The predicted molar refractivity (Wildman–Crippen MR) is 70.2 cm³/mol. The zero-order valence-corrected chi connectivity index (χ0v) is 10.9. The third kappa shape index (κ3) is 3.08. The Kier molecular flexibility index (Phi) is 3.98. The zero-order chi connectivity index (χ0) is 13.1. The first-order valence-corrected chi connectivity index (χ1v) is 6.19. The molecule has 1 aliphatic heterocycles. The molecular formula is C11H15ClN4O2. The summed E-state index contributed by atoms with van der Waals surface area (Å²) >= 11 is 5.83. The third-order valence-corrected chi connectivity index (χ3v) is 3.21. The molecule has 0 saturated carbocycles. The van der Waals surface area contributed by atoms with E-state index in [-0.39, 0.29) is 10.8 Å². The maximum atomic E-state index is 10.8. The summed E-state index contributed by atoms with van der Waals surface area (Å²) in [5.74, 6) is 0.588. The number of nitro groups is 1. The molecule has 0 aliphatic carbocycles. The van der Waals surface area contributed by atoms with Crippen LogP contribution in [0.25, 0.3) is 0 Å². The molecule has 0 radical (unpaired) electrons. The van der Waals surface area contributed by atoms with Gasteiger partial charge < -0.3 is 9.80 Å². The molecule has 0 atom stereocenters. The Labute approximate surface area is 110 Å². The molecule has 6 nitrogen and oxygen atoms in total. The lowest BCUT2D eigenvalue weighted by Crippen LogP contribution is -2.29. The Morgan fingerprint density at radius 1 is 1.33 bits per heavy atom. The topological polar surface area (TPSA) is 62.5 Å². The zero-order valence-electron chi connectivity index (χ0n) is 10.2. The minimum absolute atomic E-state index is 0.0115. The SMILES string of the molecule is CN1CCCN(c2cc([N+](=O)[O-])cc(Cl)n2)CC1. The van der Waals surface area contributed by atoms with E-state index < -0.39 is 4.92 Å². The van der Waals surface area contributed by atoms with Crippen LogP contribution in [0.5, 0.6) is 0 Å². The van der Waals surface area contributed by atoms with Crippen molar-refractivity contribution in [2.24, 2.45) is 0 Å². The van der Waals surface area contributed by atoms with Crippen molar-refractivity contribution >= 4 is 23.1 Å². The molecule has 1 fully saturated rings. The second kappa shape index (κ2) is 5.49. The Morgan fingerprint density at radius 3 is 2.83 bits per heavy atom. The number of likely N-dealkylation sites (N-methyl/N-ethyl adjacent to an activating group) is 1. The summed E-state index contributed by atoms with van der Waals surface area (Å²) in [6.45, 7) is 3.59. The molecule has 0 spiro atoms. The molecule has 7 heteroatoms. The minimum Gasteiger partial charge on any atom is -0.355 e. The van der Waals surface area contributed by atoms with Crippen LogP contribution in [0.3, 0.4) is 0 Å². The number of anilines is 1. The number of nitrogens with zero attached hydrogens (tertiary/aromatic N) is 4. The summed E-state index contributed by atoms with van der Waals surface area (Å²) < 4.78 is 0. The van der Waals surface area contributed by atoms with Crippen LogP contribution < -0.4 is 4.90 Å². The Morgan fingerprint density at radius 2 is 2.11 bits per heavy atom. The van der Waals surface area contributed by atoms with Gasteiger partial charge in [-0.2, -0.15) is 0 Å². The number of halogens is 1. The molecule has 0 aromatic carbocycles. The van der Waals surface area contributed by atoms with Crippen molar-refractivity contribution in [2.45, 2.75) is 6.42 Å². The standard InChI is InChI=1S/C11H15ClN4O2/c1-14-3-2-4-15(6-5-14)11-8-9(16(17)18)7-10(12)13-11/h7-8H,2-6H2,1H3. The maximum absolute atomic E-state index is 10.8. The molecule has 98 valence electrons. The van der Waals surface area contributed by atoms with Crippen molar-refractivity contribution in [1.29, 1.82) is 0 Å². The molecule has 1 saturated heterocycles. The molecule has 0 amide bonds. The van der Waals surface area contributed by atoms with Gasteiger partial charge in [0, 0.05) is 19.6 Å². The van der Waals surface area contributed by atoms with Gasteiger partial charge in [0.1, 0.15) is 11.0 Å². The highest BCUT2D eigenvalue weighted by Crippen LogP contribution is 2.23. The van der Waals surface area contributed by atoms with Crippen LogP contribution in [0.2, 0.25) is 5.15 Å². The van der Waals surface area contributed by atoms with Crippen LogP contribution in [-0.2, 0) is 0 Å². The smallest absolute Gasteiger partial charge is 0.276 e. The highest BCUT2D eigenvalue weighted by molar-refractivity contribution is 6.29. The minimum atomic E-state index is -0.443. The number of hydrogen-bond donors (Lipinski definition) is 0. The fourth-order valence-corrected chi connectivity index (χ4v) is 2.21. The van der Waals surface area contributed by atoms with Gasteiger partial charge in [-0.3, -0.25) is 10.1 Å². The average Bonchev–Trinajstić information content (AvgIpc) is 2.53. The summed E-state index contributed by atoms with van der Waals surface area (Å²) in [7, 11) is 2.07. The average molecular weight is 271 g/mol. The van der Waals surface area contributed by atoms with Crippen LogP contribution in [0.15, 0.2) is 12.1 Å².